The Morgan fingerprint density at radius 3 is 2.64 bits per heavy atom. The van der Waals surface area contributed by atoms with Gasteiger partial charge in [0.15, 0.2) is 0 Å². The van der Waals surface area contributed by atoms with Gasteiger partial charge in [0.05, 0.1) is 0 Å². The van der Waals surface area contributed by atoms with Gasteiger partial charge in [0.25, 0.3) is 0 Å². The molecule has 0 saturated carbocycles. The van der Waals surface area contributed by atoms with Gasteiger partial charge in [-0.2, -0.15) is 11.8 Å². The van der Waals surface area contributed by atoms with Crippen molar-refractivity contribution in [3.05, 3.63) is 0 Å². The molecule has 3 nitrogen and oxygen atoms in total. The zero-order valence-electron chi connectivity index (χ0n) is 9.12. The summed E-state index contributed by atoms with van der Waals surface area (Å²) in [5.74, 6) is 1.05. The molecule has 14 heavy (non-hydrogen) atoms. The Kier molecular flexibility index (Phi) is 4.26. The third-order valence-electron chi connectivity index (χ3n) is 2.75. The molecule has 1 aliphatic rings. The summed E-state index contributed by atoms with van der Waals surface area (Å²) < 4.78 is 0. The van der Waals surface area contributed by atoms with E-state index >= 15 is 0 Å². The summed E-state index contributed by atoms with van der Waals surface area (Å²) in [5.41, 5.74) is 5.67. The lowest BCUT2D eigenvalue weighted by Gasteiger charge is -2.18. The number of amides is 1. The Balaban J connectivity index is 2.33. The van der Waals surface area contributed by atoms with Crippen molar-refractivity contribution in [1.29, 1.82) is 0 Å². The molecule has 0 aliphatic carbocycles. The molecule has 4 heteroatoms. The summed E-state index contributed by atoms with van der Waals surface area (Å²) in [6.45, 7) is 5.95. The second kappa shape index (κ2) is 5.03. The molecule has 1 fully saturated rings. The molecule has 0 spiro atoms. The van der Waals surface area contributed by atoms with Gasteiger partial charge in [-0.05, 0) is 13.3 Å². The summed E-state index contributed by atoms with van der Waals surface area (Å²) >= 11 is 1.92. The average molecular weight is 216 g/mol. The van der Waals surface area contributed by atoms with Crippen LogP contribution in [-0.2, 0) is 4.79 Å². The smallest absolute Gasteiger partial charge is 0.224 e. The molecule has 0 aromatic carbocycles. The van der Waals surface area contributed by atoms with E-state index in [9.17, 15) is 4.79 Å². The third-order valence-corrected chi connectivity index (χ3v) is 4.10. The quantitative estimate of drug-likeness (QED) is 0.739. The SMILES string of the molecule is CC1CC(NC(=O)C(C)C(C)N)CS1. The molecule has 82 valence electrons. The van der Waals surface area contributed by atoms with Gasteiger partial charge < -0.3 is 11.1 Å². The molecule has 1 amide bonds. The standard InChI is InChI=1S/C10H20N2OS/c1-6-4-9(5-14-6)12-10(13)7(2)8(3)11/h6-9H,4-5,11H2,1-3H3,(H,12,13). The fourth-order valence-electron chi connectivity index (χ4n) is 1.49. The minimum atomic E-state index is -0.0871. The van der Waals surface area contributed by atoms with Crippen LogP contribution in [-0.4, -0.2) is 29.0 Å². The first-order valence-electron chi connectivity index (χ1n) is 5.18. The molecular weight excluding hydrogens is 196 g/mol. The van der Waals surface area contributed by atoms with Crippen LogP contribution in [0.4, 0.5) is 0 Å². The highest BCUT2D eigenvalue weighted by molar-refractivity contribution is 8.00. The Morgan fingerprint density at radius 2 is 2.21 bits per heavy atom. The van der Waals surface area contributed by atoms with E-state index in [2.05, 4.69) is 12.2 Å². The normalized spacial score (nSPS) is 31.1. The van der Waals surface area contributed by atoms with Gasteiger partial charge in [-0.15, -0.1) is 0 Å². The average Bonchev–Trinajstić information content (AvgIpc) is 2.49. The highest BCUT2D eigenvalue weighted by Gasteiger charge is 2.25. The van der Waals surface area contributed by atoms with E-state index in [1.54, 1.807) is 0 Å². The number of nitrogens with two attached hydrogens (primary N) is 1. The number of thioether (sulfide) groups is 1. The first-order chi connectivity index (χ1) is 6.50. The Hall–Kier alpha value is -0.220. The highest BCUT2D eigenvalue weighted by Crippen LogP contribution is 2.26. The van der Waals surface area contributed by atoms with Crippen LogP contribution in [0.3, 0.4) is 0 Å². The molecule has 1 heterocycles. The lowest BCUT2D eigenvalue weighted by atomic mass is 10.0. The lowest BCUT2D eigenvalue weighted by Crippen LogP contribution is -2.43. The fourth-order valence-corrected chi connectivity index (χ4v) is 2.64. The van der Waals surface area contributed by atoms with Crippen molar-refractivity contribution in [2.45, 2.75) is 44.5 Å². The molecule has 0 aromatic heterocycles. The van der Waals surface area contributed by atoms with Crippen molar-refractivity contribution in [3.63, 3.8) is 0 Å². The van der Waals surface area contributed by atoms with E-state index in [0.29, 0.717) is 11.3 Å². The van der Waals surface area contributed by atoms with Gasteiger partial charge in [0.2, 0.25) is 5.91 Å². The molecular formula is C10H20N2OS. The van der Waals surface area contributed by atoms with Gasteiger partial charge in [-0.25, -0.2) is 0 Å². The number of hydrogen-bond donors (Lipinski definition) is 2. The van der Waals surface area contributed by atoms with Crippen LogP contribution in [0.1, 0.15) is 27.2 Å². The monoisotopic (exact) mass is 216 g/mol. The van der Waals surface area contributed by atoms with Gasteiger partial charge in [0.1, 0.15) is 0 Å². The van der Waals surface area contributed by atoms with E-state index in [1.807, 2.05) is 25.6 Å². The highest BCUT2D eigenvalue weighted by atomic mass is 32.2. The summed E-state index contributed by atoms with van der Waals surface area (Å²) in [7, 11) is 0. The van der Waals surface area contributed by atoms with E-state index < -0.39 is 0 Å². The first kappa shape index (κ1) is 11.9. The van der Waals surface area contributed by atoms with Crippen molar-refractivity contribution in [1.82, 2.24) is 5.32 Å². The second-order valence-electron chi connectivity index (χ2n) is 4.23. The summed E-state index contributed by atoms with van der Waals surface area (Å²) in [6, 6.07) is 0.283. The van der Waals surface area contributed by atoms with Crippen LogP contribution in [0.2, 0.25) is 0 Å². The van der Waals surface area contributed by atoms with Crippen LogP contribution in [0.15, 0.2) is 0 Å². The van der Waals surface area contributed by atoms with Crippen molar-refractivity contribution in [3.8, 4) is 0 Å². The molecule has 0 aromatic rings. The van der Waals surface area contributed by atoms with Crippen molar-refractivity contribution in [2.24, 2.45) is 11.7 Å². The number of carbonyl (C=O) groups excluding carboxylic acids is 1. The molecule has 1 rings (SSSR count). The van der Waals surface area contributed by atoms with E-state index in [1.165, 1.54) is 0 Å². The Morgan fingerprint density at radius 1 is 1.57 bits per heavy atom. The largest absolute Gasteiger partial charge is 0.352 e. The molecule has 4 atom stereocenters. The maximum Gasteiger partial charge on any atom is 0.224 e. The molecule has 4 unspecified atom stereocenters. The molecule has 3 N–H and O–H groups in total. The summed E-state index contributed by atoms with van der Waals surface area (Å²) in [6.07, 6.45) is 1.09. The van der Waals surface area contributed by atoms with Crippen molar-refractivity contribution in [2.75, 3.05) is 5.75 Å². The molecule has 1 aliphatic heterocycles. The van der Waals surface area contributed by atoms with Gasteiger partial charge >= 0.3 is 0 Å². The van der Waals surface area contributed by atoms with E-state index in [4.69, 9.17) is 5.73 Å². The number of hydrogen-bond acceptors (Lipinski definition) is 3. The van der Waals surface area contributed by atoms with Crippen molar-refractivity contribution >= 4 is 17.7 Å². The maximum atomic E-state index is 11.6. The number of nitrogens with one attached hydrogen (secondary N) is 1. The third kappa shape index (κ3) is 3.17. The predicted molar refractivity (Wildman–Crippen MR) is 61.3 cm³/mol. The Labute approximate surface area is 90.2 Å². The van der Waals surface area contributed by atoms with Crippen LogP contribution >= 0.6 is 11.8 Å². The van der Waals surface area contributed by atoms with Gasteiger partial charge in [0, 0.05) is 29.0 Å². The van der Waals surface area contributed by atoms with Crippen LogP contribution in [0, 0.1) is 5.92 Å². The van der Waals surface area contributed by atoms with Crippen molar-refractivity contribution < 1.29 is 4.79 Å². The minimum absolute atomic E-state index is 0.0681. The Bertz CT molecular complexity index is 208. The zero-order chi connectivity index (χ0) is 10.7. The van der Waals surface area contributed by atoms with Gasteiger partial charge in [-0.1, -0.05) is 13.8 Å². The summed E-state index contributed by atoms with van der Waals surface area (Å²) in [4.78, 5) is 11.6. The van der Waals surface area contributed by atoms with E-state index in [0.717, 1.165) is 12.2 Å². The van der Waals surface area contributed by atoms with Gasteiger partial charge in [-0.3, -0.25) is 4.79 Å². The maximum absolute atomic E-state index is 11.6. The molecule has 0 radical (unpaired) electrons. The minimum Gasteiger partial charge on any atom is -0.352 e. The molecule has 0 bridgehead atoms. The van der Waals surface area contributed by atoms with Crippen LogP contribution in [0.25, 0.3) is 0 Å². The lowest BCUT2D eigenvalue weighted by molar-refractivity contribution is -0.125. The molecule has 1 saturated heterocycles. The predicted octanol–water partition coefficient (Wildman–Crippen LogP) is 0.980. The number of rotatable bonds is 3. The van der Waals surface area contributed by atoms with Crippen LogP contribution in [0.5, 0.6) is 0 Å². The van der Waals surface area contributed by atoms with E-state index in [-0.39, 0.29) is 17.9 Å². The van der Waals surface area contributed by atoms with Crippen LogP contribution < -0.4 is 11.1 Å². The topological polar surface area (TPSA) is 55.1 Å². The number of carbonyl (C=O) groups is 1. The second-order valence-corrected chi connectivity index (χ2v) is 5.70. The summed E-state index contributed by atoms with van der Waals surface area (Å²) in [5, 5.41) is 3.72. The first-order valence-corrected chi connectivity index (χ1v) is 6.23. The fraction of sp³-hybridized carbons (Fsp3) is 0.900. The zero-order valence-corrected chi connectivity index (χ0v) is 9.93.